The Morgan fingerprint density at radius 3 is 2.76 bits per heavy atom. The molecule has 1 saturated carbocycles. The lowest BCUT2D eigenvalue weighted by molar-refractivity contribution is -0.137. The molecular formula is C16H19ClO4. The molecule has 114 valence electrons. The average Bonchev–Trinajstić information content (AvgIpc) is 3.29. The summed E-state index contributed by atoms with van der Waals surface area (Å²) in [6.07, 6.45) is 3.08. The lowest BCUT2D eigenvalue weighted by Gasteiger charge is -2.26. The van der Waals surface area contributed by atoms with Gasteiger partial charge in [0.1, 0.15) is 13.2 Å². The number of halogens is 1. The predicted octanol–water partition coefficient (Wildman–Crippen LogP) is 3.64. The van der Waals surface area contributed by atoms with Gasteiger partial charge in [0.25, 0.3) is 0 Å². The highest BCUT2D eigenvalue weighted by Gasteiger charge is 2.36. The highest BCUT2D eigenvalue weighted by atomic mass is 35.5. The molecule has 1 aliphatic carbocycles. The number of benzene rings is 1. The Labute approximate surface area is 129 Å². The molecule has 1 aromatic carbocycles. The van der Waals surface area contributed by atoms with Crippen LogP contribution in [-0.4, -0.2) is 24.3 Å². The van der Waals surface area contributed by atoms with Crippen LogP contribution in [0.1, 0.15) is 43.2 Å². The van der Waals surface area contributed by atoms with Crippen molar-refractivity contribution in [2.24, 2.45) is 5.92 Å². The third-order valence-corrected chi connectivity index (χ3v) is 4.65. The maximum Gasteiger partial charge on any atom is 0.303 e. The van der Waals surface area contributed by atoms with E-state index in [0.29, 0.717) is 35.7 Å². The van der Waals surface area contributed by atoms with Gasteiger partial charge in [-0.3, -0.25) is 4.79 Å². The zero-order chi connectivity index (χ0) is 15.0. The maximum atomic E-state index is 11.2. The SMILES string of the molecule is CCc1c(C(CC(=O)O)C2CC2)cc2c(c1Cl)OCCO2. The Kier molecular flexibility index (Phi) is 3.98. The highest BCUT2D eigenvalue weighted by molar-refractivity contribution is 6.33. The summed E-state index contributed by atoms with van der Waals surface area (Å²) in [5.74, 6) is 0.957. The van der Waals surface area contributed by atoms with Crippen molar-refractivity contribution in [2.45, 2.75) is 38.5 Å². The van der Waals surface area contributed by atoms with Crippen molar-refractivity contribution in [2.75, 3.05) is 13.2 Å². The van der Waals surface area contributed by atoms with Crippen molar-refractivity contribution in [3.8, 4) is 11.5 Å². The van der Waals surface area contributed by atoms with E-state index in [1.165, 1.54) is 0 Å². The number of carboxylic acid groups (broad SMARTS) is 1. The Morgan fingerprint density at radius 2 is 2.14 bits per heavy atom. The molecular weight excluding hydrogens is 292 g/mol. The molecule has 0 saturated heterocycles. The quantitative estimate of drug-likeness (QED) is 0.902. The Bertz CT molecular complexity index is 566. The number of hydrogen-bond donors (Lipinski definition) is 1. The Balaban J connectivity index is 2.07. The minimum Gasteiger partial charge on any atom is -0.486 e. The first-order valence-corrected chi connectivity index (χ1v) is 7.82. The molecule has 0 aromatic heterocycles. The van der Waals surface area contributed by atoms with Gasteiger partial charge in [0.05, 0.1) is 11.4 Å². The molecule has 1 atom stereocenters. The van der Waals surface area contributed by atoms with Crippen molar-refractivity contribution in [1.82, 2.24) is 0 Å². The number of fused-ring (bicyclic) bond motifs is 1. The summed E-state index contributed by atoms with van der Waals surface area (Å²) in [5.41, 5.74) is 2.02. The number of hydrogen-bond acceptors (Lipinski definition) is 3. The van der Waals surface area contributed by atoms with E-state index in [1.807, 2.05) is 13.0 Å². The summed E-state index contributed by atoms with van der Waals surface area (Å²) in [6.45, 7) is 3.03. The van der Waals surface area contributed by atoms with Crippen LogP contribution in [0.25, 0.3) is 0 Å². The van der Waals surface area contributed by atoms with Crippen LogP contribution in [0.15, 0.2) is 6.07 Å². The molecule has 0 bridgehead atoms. The van der Waals surface area contributed by atoms with Crippen molar-refractivity contribution in [3.05, 3.63) is 22.2 Å². The normalized spacial score (nSPS) is 18.4. The molecule has 5 heteroatoms. The van der Waals surface area contributed by atoms with Crippen LogP contribution in [0.2, 0.25) is 5.02 Å². The fraction of sp³-hybridized carbons (Fsp3) is 0.562. The molecule has 1 N–H and O–H groups in total. The van der Waals surface area contributed by atoms with Crippen molar-refractivity contribution < 1.29 is 19.4 Å². The van der Waals surface area contributed by atoms with Crippen LogP contribution in [0.3, 0.4) is 0 Å². The fourth-order valence-corrected chi connectivity index (χ4v) is 3.50. The van der Waals surface area contributed by atoms with Gasteiger partial charge in [0.2, 0.25) is 0 Å². The minimum absolute atomic E-state index is 0.0192. The minimum atomic E-state index is -0.764. The van der Waals surface area contributed by atoms with E-state index in [0.717, 1.165) is 30.4 Å². The lowest BCUT2D eigenvalue weighted by Crippen LogP contribution is -2.18. The van der Waals surface area contributed by atoms with Gasteiger partial charge in [-0.15, -0.1) is 0 Å². The van der Waals surface area contributed by atoms with Gasteiger partial charge < -0.3 is 14.6 Å². The summed E-state index contributed by atoms with van der Waals surface area (Å²) in [7, 11) is 0. The first-order valence-electron chi connectivity index (χ1n) is 7.44. The van der Waals surface area contributed by atoms with E-state index >= 15 is 0 Å². The summed E-state index contributed by atoms with van der Waals surface area (Å²) in [4.78, 5) is 11.2. The molecule has 0 radical (unpaired) electrons. The topological polar surface area (TPSA) is 55.8 Å². The van der Waals surface area contributed by atoms with Gasteiger partial charge in [0, 0.05) is 0 Å². The third-order valence-electron chi connectivity index (χ3n) is 4.25. The van der Waals surface area contributed by atoms with Crippen LogP contribution in [0, 0.1) is 5.92 Å². The van der Waals surface area contributed by atoms with Crippen LogP contribution < -0.4 is 9.47 Å². The van der Waals surface area contributed by atoms with Crippen molar-refractivity contribution in [1.29, 1.82) is 0 Å². The summed E-state index contributed by atoms with van der Waals surface area (Å²) in [5, 5.41) is 9.79. The smallest absolute Gasteiger partial charge is 0.303 e. The molecule has 1 unspecified atom stereocenters. The van der Waals surface area contributed by atoms with Crippen LogP contribution in [0.4, 0.5) is 0 Å². The number of carbonyl (C=O) groups is 1. The molecule has 21 heavy (non-hydrogen) atoms. The van der Waals surface area contributed by atoms with E-state index in [4.69, 9.17) is 21.1 Å². The number of aliphatic carboxylic acids is 1. The zero-order valence-corrected chi connectivity index (χ0v) is 12.8. The Hall–Kier alpha value is -1.42. The number of rotatable bonds is 5. The second-order valence-corrected chi connectivity index (χ2v) is 6.06. The van der Waals surface area contributed by atoms with Gasteiger partial charge in [0.15, 0.2) is 11.5 Å². The fourth-order valence-electron chi connectivity index (χ4n) is 3.11. The zero-order valence-electron chi connectivity index (χ0n) is 12.0. The summed E-state index contributed by atoms with van der Waals surface area (Å²) < 4.78 is 11.3. The van der Waals surface area contributed by atoms with E-state index in [9.17, 15) is 9.90 Å². The van der Waals surface area contributed by atoms with Crippen LogP contribution >= 0.6 is 11.6 Å². The average molecular weight is 311 g/mol. The number of ether oxygens (including phenoxy) is 2. The van der Waals surface area contributed by atoms with Gasteiger partial charge in [-0.25, -0.2) is 0 Å². The molecule has 1 aliphatic heterocycles. The van der Waals surface area contributed by atoms with E-state index in [2.05, 4.69) is 0 Å². The molecule has 0 amide bonds. The maximum absolute atomic E-state index is 11.2. The van der Waals surface area contributed by atoms with Crippen LogP contribution in [-0.2, 0) is 11.2 Å². The van der Waals surface area contributed by atoms with Gasteiger partial charge in [-0.1, -0.05) is 18.5 Å². The van der Waals surface area contributed by atoms with Gasteiger partial charge >= 0.3 is 5.97 Å². The van der Waals surface area contributed by atoms with Gasteiger partial charge in [-0.05, 0) is 48.3 Å². The third kappa shape index (κ3) is 2.82. The standard InChI is InChI=1S/C16H19ClO4/c1-2-10-12(11(8-14(18)19)9-3-4-9)7-13-16(15(10)17)21-6-5-20-13/h7,9,11H,2-6,8H2,1H3,(H,18,19). The number of carboxylic acids is 1. The first-order chi connectivity index (χ1) is 10.1. The summed E-state index contributed by atoms with van der Waals surface area (Å²) >= 11 is 6.49. The monoisotopic (exact) mass is 310 g/mol. The lowest BCUT2D eigenvalue weighted by atomic mass is 9.86. The predicted molar refractivity (Wildman–Crippen MR) is 79.5 cm³/mol. The van der Waals surface area contributed by atoms with Gasteiger partial charge in [-0.2, -0.15) is 0 Å². The Morgan fingerprint density at radius 1 is 1.43 bits per heavy atom. The highest BCUT2D eigenvalue weighted by Crippen LogP contribution is 2.50. The molecule has 1 fully saturated rings. The molecule has 2 aliphatic rings. The molecule has 0 spiro atoms. The first kappa shape index (κ1) is 14.5. The largest absolute Gasteiger partial charge is 0.486 e. The van der Waals surface area contributed by atoms with Crippen molar-refractivity contribution in [3.63, 3.8) is 0 Å². The van der Waals surface area contributed by atoms with Crippen molar-refractivity contribution >= 4 is 17.6 Å². The molecule has 1 aromatic rings. The van der Waals surface area contributed by atoms with E-state index in [1.54, 1.807) is 0 Å². The second kappa shape index (κ2) is 5.76. The molecule has 1 heterocycles. The summed E-state index contributed by atoms with van der Waals surface area (Å²) in [6, 6.07) is 1.95. The van der Waals surface area contributed by atoms with E-state index < -0.39 is 5.97 Å². The van der Waals surface area contributed by atoms with Crippen LogP contribution in [0.5, 0.6) is 11.5 Å². The van der Waals surface area contributed by atoms with E-state index in [-0.39, 0.29) is 12.3 Å². The second-order valence-electron chi connectivity index (χ2n) is 5.68. The molecule has 3 rings (SSSR count). The molecule has 4 nitrogen and oxygen atoms in total.